The predicted octanol–water partition coefficient (Wildman–Crippen LogP) is 3.53. The van der Waals surface area contributed by atoms with Crippen molar-refractivity contribution in [1.29, 1.82) is 0 Å². The molecule has 3 unspecified atom stereocenters. The second kappa shape index (κ2) is 10.7. The number of nitrogens with zero attached hydrogens (tertiary/aromatic N) is 1. The summed E-state index contributed by atoms with van der Waals surface area (Å²) in [5.74, 6) is 0.848. The van der Waals surface area contributed by atoms with Crippen LogP contribution in [0.2, 0.25) is 0 Å². The number of rotatable bonds is 6. The van der Waals surface area contributed by atoms with Gasteiger partial charge in [-0.25, -0.2) is 0 Å². The van der Waals surface area contributed by atoms with E-state index in [9.17, 15) is 4.79 Å². The fourth-order valence-corrected chi connectivity index (χ4v) is 5.06. The Morgan fingerprint density at radius 1 is 1.07 bits per heavy atom. The van der Waals surface area contributed by atoms with Crippen LogP contribution in [0.3, 0.4) is 0 Å². The van der Waals surface area contributed by atoms with E-state index in [0.29, 0.717) is 24.0 Å². The van der Waals surface area contributed by atoms with Crippen molar-refractivity contribution in [3.05, 3.63) is 35.9 Å². The van der Waals surface area contributed by atoms with Gasteiger partial charge in [-0.1, -0.05) is 30.3 Å². The second-order valence-corrected chi connectivity index (χ2v) is 8.24. The van der Waals surface area contributed by atoms with Crippen LogP contribution in [0.25, 0.3) is 0 Å². The van der Waals surface area contributed by atoms with Crippen LogP contribution in [-0.4, -0.2) is 42.0 Å². The molecular weight excluding hydrogens is 381 g/mol. The first-order chi connectivity index (χ1) is 12.3. The Bertz CT molecular complexity index is 574. The maximum atomic E-state index is 12.4. The number of likely N-dealkylation sites (tertiary alicyclic amines) is 1. The topological polar surface area (TPSA) is 44.4 Å². The predicted molar refractivity (Wildman–Crippen MR) is 115 cm³/mol. The molecule has 152 valence electrons. The lowest BCUT2D eigenvalue weighted by Crippen LogP contribution is -2.42. The zero-order valence-electron chi connectivity index (χ0n) is 15.9. The van der Waals surface area contributed by atoms with Crippen molar-refractivity contribution in [1.82, 2.24) is 15.5 Å². The highest BCUT2D eigenvalue weighted by Gasteiger charge is 2.34. The fourth-order valence-electron chi connectivity index (χ4n) is 5.06. The highest BCUT2D eigenvalue weighted by molar-refractivity contribution is 5.85. The van der Waals surface area contributed by atoms with Crippen LogP contribution < -0.4 is 10.6 Å². The summed E-state index contributed by atoms with van der Waals surface area (Å²) in [6, 6.07) is 12.5. The first kappa shape index (κ1) is 22.5. The van der Waals surface area contributed by atoms with Crippen molar-refractivity contribution in [3.8, 4) is 0 Å². The van der Waals surface area contributed by atoms with Gasteiger partial charge in [-0.2, -0.15) is 0 Å². The molecule has 2 N–H and O–H groups in total. The van der Waals surface area contributed by atoms with Gasteiger partial charge >= 0.3 is 0 Å². The lowest BCUT2D eigenvalue weighted by atomic mass is 9.89. The molecule has 3 saturated heterocycles. The molecule has 1 aromatic rings. The lowest BCUT2D eigenvalue weighted by molar-refractivity contribution is -0.122. The molecule has 3 aliphatic heterocycles. The number of carbonyl (C=O) groups excluding carboxylic acids is 1. The van der Waals surface area contributed by atoms with E-state index in [1.54, 1.807) is 0 Å². The minimum atomic E-state index is 0. The molecule has 4 nitrogen and oxygen atoms in total. The van der Waals surface area contributed by atoms with Gasteiger partial charge in [-0.05, 0) is 56.6 Å². The summed E-state index contributed by atoms with van der Waals surface area (Å²) >= 11 is 0. The summed E-state index contributed by atoms with van der Waals surface area (Å²) in [6.45, 7) is 2.95. The van der Waals surface area contributed by atoms with Gasteiger partial charge in [-0.3, -0.25) is 9.69 Å². The third-order valence-electron chi connectivity index (χ3n) is 6.31. The van der Waals surface area contributed by atoms with Crippen LogP contribution >= 0.6 is 24.8 Å². The average molecular weight is 414 g/mol. The Hall–Kier alpha value is -0.810. The second-order valence-electron chi connectivity index (χ2n) is 8.24. The third kappa shape index (κ3) is 6.08. The van der Waals surface area contributed by atoms with Gasteiger partial charge in [0.2, 0.25) is 5.91 Å². The van der Waals surface area contributed by atoms with Gasteiger partial charge in [0, 0.05) is 37.6 Å². The molecule has 0 aliphatic carbocycles. The molecular formula is C21H33Cl2N3O. The molecule has 1 aromatic carbocycles. The number of fused-ring (bicyclic) bond motifs is 2. The zero-order valence-corrected chi connectivity index (χ0v) is 17.6. The lowest BCUT2D eigenvalue weighted by Gasteiger charge is -2.29. The Kier molecular flexibility index (Phi) is 8.87. The zero-order chi connectivity index (χ0) is 17.1. The van der Waals surface area contributed by atoms with Crippen molar-refractivity contribution in [2.24, 2.45) is 5.92 Å². The highest BCUT2D eigenvalue weighted by atomic mass is 35.5. The number of carbonyl (C=O) groups is 1. The van der Waals surface area contributed by atoms with Crippen molar-refractivity contribution in [2.45, 2.75) is 69.6 Å². The van der Waals surface area contributed by atoms with E-state index in [2.05, 4.69) is 45.9 Å². The quantitative estimate of drug-likeness (QED) is 0.749. The van der Waals surface area contributed by atoms with E-state index in [1.807, 2.05) is 0 Å². The smallest absolute Gasteiger partial charge is 0.220 e. The van der Waals surface area contributed by atoms with Crippen LogP contribution in [0.5, 0.6) is 0 Å². The minimum Gasteiger partial charge on any atom is -0.355 e. The third-order valence-corrected chi connectivity index (χ3v) is 6.31. The Morgan fingerprint density at radius 2 is 1.78 bits per heavy atom. The highest BCUT2D eigenvalue weighted by Crippen LogP contribution is 2.32. The normalized spacial score (nSPS) is 29.6. The van der Waals surface area contributed by atoms with E-state index in [1.165, 1.54) is 44.1 Å². The Balaban J connectivity index is 0.00000131. The summed E-state index contributed by atoms with van der Waals surface area (Å²) < 4.78 is 0. The van der Waals surface area contributed by atoms with Crippen molar-refractivity contribution in [2.75, 3.05) is 13.1 Å². The number of halogens is 2. The Labute approximate surface area is 175 Å². The summed E-state index contributed by atoms with van der Waals surface area (Å²) in [5, 5.41) is 6.90. The van der Waals surface area contributed by atoms with Crippen LogP contribution in [-0.2, 0) is 11.3 Å². The van der Waals surface area contributed by atoms with E-state index >= 15 is 0 Å². The summed E-state index contributed by atoms with van der Waals surface area (Å²) in [7, 11) is 0. The molecule has 3 fully saturated rings. The molecule has 27 heavy (non-hydrogen) atoms. The number of hydrogen-bond acceptors (Lipinski definition) is 3. The number of benzene rings is 1. The molecule has 2 bridgehead atoms. The van der Waals surface area contributed by atoms with Gasteiger partial charge in [0.15, 0.2) is 0 Å². The maximum Gasteiger partial charge on any atom is 0.220 e. The van der Waals surface area contributed by atoms with E-state index in [4.69, 9.17) is 0 Å². The monoisotopic (exact) mass is 413 g/mol. The molecule has 1 amide bonds. The van der Waals surface area contributed by atoms with Gasteiger partial charge in [0.05, 0.1) is 0 Å². The van der Waals surface area contributed by atoms with Gasteiger partial charge < -0.3 is 10.6 Å². The number of hydrogen-bond donors (Lipinski definition) is 2. The average Bonchev–Trinajstić information content (AvgIpc) is 3.20. The van der Waals surface area contributed by atoms with Crippen molar-refractivity contribution >= 4 is 30.7 Å². The van der Waals surface area contributed by atoms with Gasteiger partial charge in [0.1, 0.15) is 0 Å². The molecule has 3 aliphatic rings. The molecule has 0 spiro atoms. The standard InChI is InChI=1S/C21H31N3O.2ClH/c25-21(13-17-11-18-8-9-19(12-17)23-18)22-14-20-7-4-10-24(20)15-16-5-2-1-3-6-16;;/h1-3,5-6,17-20,23H,4,7-15H2,(H,22,25);2*1H. The molecule has 3 heterocycles. The van der Waals surface area contributed by atoms with E-state index in [-0.39, 0.29) is 30.7 Å². The molecule has 4 rings (SSSR count). The first-order valence-corrected chi connectivity index (χ1v) is 10.1. The molecule has 0 radical (unpaired) electrons. The molecule has 3 atom stereocenters. The fraction of sp³-hybridized carbons (Fsp3) is 0.667. The van der Waals surface area contributed by atoms with Crippen LogP contribution in [0.15, 0.2) is 30.3 Å². The largest absolute Gasteiger partial charge is 0.355 e. The summed E-state index contributed by atoms with van der Waals surface area (Å²) in [4.78, 5) is 14.9. The van der Waals surface area contributed by atoms with Gasteiger partial charge in [0.25, 0.3) is 0 Å². The maximum absolute atomic E-state index is 12.4. The SMILES string of the molecule is Cl.Cl.O=C(CC1CC2CCC(C1)N2)NCC1CCCN1Cc1ccccc1. The Morgan fingerprint density at radius 3 is 2.48 bits per heavy atom. The molecule has 6 heteroatoms. The minimum absolute atomic E-state index is 0. The first-order valence-electron chi connectivity index (χ1n) is 10.1. The van der Waals surface area contributed by atoms with Gasteiger partial charge in [-0.15, -0.1) is 24.8 Å². The van der Waals surface area contributed by atoms with E-state index in [0.717, 1.165) is 26.1 Å². The number of nitrogens with one attached hydrogen (secondary N) is 2. The van der Waals surface area contributed by atoms with E-state index < -0.39 is 0 Å². The van der Waals surface area contributed by atoms with Crippen molar-refractivity contribution < 1.29 is 4.79 Å². The number of piperidine rings is 1. The molecule has 0 aromatic heterocycles. The van der Waals surface area contributed by atoms with Crippen LogP contribution in [0.4, 0.5) is 0 Å². The van der Waals surface area contributed by atoms with Crippen LogP contribution in [0, 0.1) is 5.92 Å². The molecule has 0 saturated carbocycles. The summed E-state index contributed by atoms with van der Waals surface area (Å²) in [5.41, 5.74) is 1.37. The van der Waals surface area contributed by atoms with Crippen molar-refractivity contribution in [3.63, 3.8) is 0 Å². The summed E-state index contributed by atoms with van der Waals surface area (Å²) in [6.07, 6.45) is 8.15. The van der Waals surface area contributed by atoms with Crippen LogP contribution in [0.1, 0.15) is 50.5 Å². The number of amides is 1.